The maximum atomic E-state index is 12.6. The molecule has 2 saturated heterocycles. The van der Waals surface area contributed by atoms with Gasteiger partial charge >= 0.3 is 0 Å². The van der Waals surface area contributed by atoms with E-state index in [0.29, 0.717) is 24.4 Å². The van der Waals surface area contributed by atoms with Crippen molar-refractivity contribution >= 4 is 5.91 Å². The quantitative estimate of drug-likeness (QED) is 0.915. The third kappa shape index (κ3) is 2.88. The van der Waals surface area contributed by atoms with Crippen LogP contribution in [-0.2, 0) is 11.2 Å². The summed E-state index contributed by atoms with van der Waals surface area (Å²) in [4.78, 5) is 14.7. The number of nitrogens with zero attached hydrogens (tertiary/aromatic N) is 1. The van der Waals surface area contributed by atoms with E-state index in [1.165, 1.54) is 18.4 Å². The van der Waals surface area contributed by atoms with Crippen molar-refractivity contribution in [3.05, 3.63) is 35.4 Å². The van der Waals surface area contributed by atoms with Gasteiger partial charge in [0, 0.05) is 18.6 Å². The van der Waals surface area contributed by atoms with Crippen molar-refractivity contribution in [3.63, 3.8) is 0 Å². The molecule has 2 unspecified atom stereocenters. The molecule has 3 heteroatoms. The zero-order valence-corrected chi connectivity index (χ0v) is 12.3. The second kappa shape index (κ2) is 5.96. The number of carbonyl (C=O) groups excluding carboxylic acids is 1. The largest absolute Gasteiger partial charge is 0.338 e. The number of aryl methyl sites for hydroxylation is 1. The number of nitrogens with one attached hydrogen (secondary N) is 1. The third-order valence-electron chi connectivity index (χ3n) is 4.62. The number of amides is 1. The van der Waals surface area contributed by atoms with Crippen LogP contribution in [0.1, 0.15) is 36.8 Å². The van der Waals surface area contributed by atoms with E-state index in [9.17, 15) is 4.79 Å². The Labute approximate surface area is 121 Å². The molecule has 108 valence electrons. The van der Waals surface area contributed by atoms with E-state index >= 15 is 0 Å². The summed E-state index contributed by atoms with van der Waals surface area (Å²) in [6.07, 6.45) is 5.34. The summed E-state index contributed by atoms with van der Waals surface area (Å²) in [6.45, 7) is 4.13. The maximum absolute atomic E-state index is 12.6. The van der Waals surface area contributed by atoms with Gasteiger partial charge in [0.15, 0.2) is 0 Å². The Balaban J connectivity index is 1.66. The van der Waals surface area contributed by atoms with Gasteiger partial charge in [-0.05, 0) is 44.7 Å². The molecule has 0 radical (unpaired) electrons. The molecule has 0 aromatic heterocycles. The molecule has 0 spiro atoms. The SMILES string of the molecule is Cc1cccc(CC(=O)N2CCCC2C2CCCN2)c1. The van der Waals surface area contributed by atoms with Crippen LogP contribution >= 0.6 is 0 Å². The summed E-state index contributed by atoms with van der Waals surface area (Å²) in [5.74, 6) is 0.298. The minimum absolute atomic E-state index is 0.298. The summed E-state index contributed by atoms with van der Waals surface area (Å²) in [6, 6.07) is 9.25. The summed E-state index contributed by atoms with van der Waals surface area (Å²) in [5, 5.41) is 3.56. The van der Waals surface area contributed by atoms with E-state index in [-0.39, 0.29) is 0 Å². The normalized spacial score (nSPS) is 26.1. The summed E-state index contributed by atoms with van der Waals surface area (Å²) < 4.78 is 0. The van der Waals surface area contributed by atoms with E-state index in [2.05, 4.69) is 35.3 Å². The molecule has 2 atom stereocenters. The Kier molecular flexibility index (Phi) is 4.06. The average Bonchev–Trinajstić information content (AvgIpc) is 3.09. The van der Waals surface area contributed by atoms with E-state index in [1.54, 1.807) is 0 Å². The van der Waals surface area contributed by atoms with Crippen LogP contribution in [0.2, 0.25) is 0 Å². The molecule has 1 aromatic rings. The molecule has 0 saturated carbocycles. The number of hydrogen-bond donors (Lipinski definition) is 1. The molecular formula is C17H24N2O. The maximum Gasteiger partial charge on any atom is 0.227 e. The number of likely N-dealkylation sites (tertiary alicyclic amines) is 1. The summed E-state index contributed by atoms with van der Waals surface area (Å²) in [7, 11) is 0. The molecule has 1 N–H and O–H groups in total. The van der Waals surface area contributed by atoms with Gasteiger partial charge in [-0.15, -0.1) is 0 Å². The molecule has 1 amide bonds. The van der Waals surface area contributed by atoms with Gasteiger partial charge in [0.1, 0.15) is 0 Å². The van der Waals surface area contributed by atoms with Crippen LogP contribution in [-0.4, -0.2) is 36.0 Å². The lowest BCUT2D eigenvalue weighted by Gasteiger charge is -2.29. The first-order chi connectivity index (χ1) is 9.74. The molecule has 1 aromatic carbocycles. The molecule has 0 aliphatic carbocycles. The second-order valence-electron chi connectivity index (χ2n) is 6.17. The number of benzene rings is 1. The minimum atomic E-state index is 0.298. The smallest absolute Gasteiger partial charge is 0.227 e. The van der Waals surface area contributed by atoms with Crippen LogP contribution in [0.25, 0.3) is 0 Å². The first-order valence-electron chi connectivity index (χ1n) is 7.82. The Morgan fingerprint density at radius 2 is 2.25 bits per heavy atom. The van der Waals surface area contributed by atoms with E-state index in [4.69, 9.17) is 0 Å². The van der Waals surface area contributed by atoms with Crippen LogP contribution in [0.3, 0.4) is 0 Å². The second-order valence-corrected chi connectivity index (χ2v) is 6.17. The van der Waals surface area contributed by atoms with E-state index in [1.807, 2.05) is 6.07 Å². The predicted molar refractivity (Wildman–Crippen MR) is 80.6 cm³/mol. The van der Waals surface area contributed by atoms with Gasteiger partial charge in [-0.25, -0.2) is 0 Å². The lowest BCUT2D eigenvalue weighted by molar-refractivity contribution is -0.131. The van der Waals surface area contributed by atoms with E-state index < -0.39 is 0 Å². The Morgan fingerprint density at radius 3 is 3.00 bits per heavy atom. The van der Waals surface area contributed by atoms with Crippen molar-refractivity contribution < 1.29 is 4.79 Å². The molecule has 2 fully saturated rings. The lowest BCUT2D eigenvalue weighted by Crippen LogP contribution is -2.47. The van der Waals surface area contributed by atoms with Crippen molar-refractivity contribution in [1.82, 2.24) is 10.2 Å². The van der Waals surface area contributed by atoms with Crippen LogP contribution < -0.4 is 5.32 Å². The molecule has 20 heavy (non-hydrogen) atoms. The first kappa shape index (κ1) is 13.6. The van der Waals surface area contributed by atoms with Gasteiger partial charge in [-0.2, -0.15) is 0 Å². The van der Waals surface area contributed by atoms with Gasteiger partial charge in [-0.1, -0.05) is 29.8 Å². The lowest BCUT2D eigenvalue weighted by atomic mass is 10.0. The van der Waals surface area contributed by atoms with Gasteiger partial charge in [-0.3, -0.25) is 4.79 Å². The van der Waals surface area contributed by atoms with Crippen molar-refractivity contribution in [1.29, 1.82) is 0 Å². The molecule has 2 aliphatic heterocycles. The van der Waals surface area contributed by atoms with Crippen molar-refractivity contribution in [2.75, 3.05) is 13.1 Å². The van der Waals surface area contributed by atoms with E-state index in [0.717, 1.165) is 31.5 Å². The highest BCUT2D eigenvalue weighted by molar-refractivity contribution is 5.79. The third-order valence-corrected chi connectivity index (χ3v) is 4.62. The van der Waals surface area contributed by atoms with Gasteiger partial charge < -0.3 is 10.2 Å². The fourth-order valence-corrected chi connectivity index (χ4v) is 3.66. The Hall–Kier alpha value is -1.35. The van der Waals surface area contributed by atoms with Crippen molar-refractivity contribution in [2.45, 2.75) is 51.1 Å². The highest BCUT2D eigenvalue weighted by Crippen LogP contribution is 2.25. The highest BCUT2D eigenvalue weighted by atomic mass is 16.2. The number of hydrogen-bond acceptors (Lipinski definition) is 2. The molecule has 0 bridgehead atoms. The fourth-order valence-electron chi connectivity index (χ4n) is 3.66. The zero-order valence-electron chi connectivity index (χ0n) is 12.3. The molecule has 2 aliphatic rings. The summed E-state index contributed by atoms with van der Waals surface area (Å²) in [5.41, 5.74) is 2.37. The standard InChI is InChI=1S/C17H24N2O/c1-13-5-2-6-14(11-13)12-17(20)19-10-4-8-16(19)15-7-3-9-18-15/h2,5-6,11,15-16,18H,3-4,7-10,12H2,1H3. The Bertz CT molecular complexity index is 480. The molecular weight excluding hydrogens is 248 g/mol. The highest BCUT2D eigenvalue weighted by Gasteiger charge is 2.35. The van der Waals surface area contributed by atoms with Gasteiger partial charge in [0.2, 0.25) is 5.91 Å². The first-order valence-corrected chi connectivity index (χ1v) is 7.82. The molecule has 2 heterocycles. The average molecular weight is 272 g/mol. The molecule has 3 rings (SSSR count). The monoisotopic (exact) mass is 272 g/mol. The zero-order chi connectivity index (χ0) is 13.9. The van der Waals surface area contributed by atoms with Crippen LogP contribution in [0, 0.1) is 6.92 Å². The topological polar surface area (TPSA) is 32.3 Å². The van der Waals surface area contributed by atoms with Crippen molar-refractivity contribution in [2.24, 2.45) is 0 Å². The predicted octanol–water partition coefficient (Wildman–Crippen LogP) is 2.28. The number of rotatable bonds is 3. The summed E-state index contributed by atoms with van der Waals surface area (Å²) >= 11 is 0. The van der Waals surface area contributed by atoms with Crippen molar-refractivity contribution in [3.8, 4) is 0 Å². The fraction of sp³-hybridized carbons (Fsp3) is 0.588. The minimum Gasteiger partial charge on any atom is -0.338 e. The molecule has 3 nitrogen and oxygen atoms in total. The number of carbonyl (C=O) groups is 1. The Morgan fingerprint density at radius 1 is 1.35 bits per heavy atom. The van der Waals surface area contributed by atoms with Gasteiger partial charge in [0.05, 0.1) is 6.42 Å². The van der Waals surface area contributed by atoms with Gasteiger partial charge in [0.25, 0.3) is 0 Å². The van der Waals surface area contributed by atoms with Crippen LogP contribution in [0.4, 0.5) is 0 Å². The van der Waals surface area contributed by atoms with Crippen LogP contribution in [0.5, 0.6) is 0 Å². The van der Waals surface area contributed by atoms with Crippen LogP contribution in [0.15, 0.2) is 24.3 Å².